The van der Waals surface area contributed by atoms with Gasteiger partial charge in [-0.1, -0.05) is 32.3 Å². The maximum Gasteiger partial charge on any atom is 0.0201 e. The van der Waals surface area contributed by atoms with Gasteiger partial charge in [0.2, 0.25) is 0 Å². The Morgan fingerprint density at radius 2 is 2.10 bits per heavy atom. The van der Waals surface area contributed by atoms with Gasteiger partial charge in [-0.05, 0) is 49.7 Å². The molecule has 0 aromatic carbocycles. The average molecular weight is 307 g/mol. The second-order valence-corrected chi connectivity index (χ2v) is 7.89. The number of rotatable bonds is 5. The normalized spacial score (nSPS) is 28.8. The van der Waals surface area contributed by atoms with E-state index in [9.17, 15) is 0 Å². The summed E-state index contributed by atoms with van der Waals surface area (Å²) in [4.78, 5) is 4.21. The van der Waals surface area contributed by atoms with Crippen LogP contribution in [-0.4, -0.2) is 37.1 Å². The van der Waals surface area contributed by atoms with Crippen LogP contribution in [0.15, 0.2) is 17.5 Å². The van der Waals surface area contributed by atoms with Crippen LogP contribution in [0.3, 0.4) is 0 Å². The lowest BCUT2D eigenvalue weighted by Crippen LogP contribution is -2.49. The topological polar surface area (TPSA) is 15.3 Å². The summed E-state index contributed by atoms with van der Waals surface area (Å²) in [6.45, 7) is 7.22. The van der Waals surface area contributed by atoms with Gasteiger partial charge in [0.05, 0.1) is 0 Å². The van der Waals surface area contributed by atoms with E-state index < -0.39 is 0 Å². The predicted octanol–water partition coefficient (Wildman–Crippen LogP) is 4.10. The van der Waals surface area contributed by atoms with E-state index in [1.165, 1.54) is 64.7 Å². The lowest BCUT2D eigenvalue weighted by molar-refractivity contribution is 0.173. The lowest BCUT2D eigenvalue weighted by atomic mass is 9.88. The van der Waals surface area contributed by atoms with Crippen LogP contribution in [0, 0.1) is 5.92 Å². The molecule has 2 heterocycles. The van der Waals surface area contributed by atoms with Crippen molar-refractivity contribution < 1.29 is 0 Å². The van der Waals surface area contributed by atoms with Gasteiger partial charge in [-0.25, -0.2) is 0 Å². The molecule has 1 saturated heterocycles. The number of nitrogens with one attached hydrogen (secondary N) is 1. The van der Waals surface area contributed by atoms with E-state index in [-0.39, 0.29) is 0 Å². The minimum absolute atomic E-state index is 0.688. The van der Waals surface area contributed by atoms with Crippen molar-refractivity contribution in [2.75, 3.05) is 26.2 Å². The molecule has 2 nitrogen and oxygen atoms in total. The molecule has 1 aliphatic heterocycles. The number of hydrogen-bond donors (Lipinski definition) is 1. The molecule has 0 radical (unpaired) electrons. The molecule has 21 heavy (non-hydrogen) atoms. The molecule has 1 aromatic rings. The largest absolute Gasteiger partial charge is 0.312 e. The van der Waals surface area contributed by atoms with Gasteiger partial charge < -0.3 is 10.2 Å². The summed E-state index contributed by atoms with van der Waals surface area (Å²) in [6, 6.07) is 5.22. The van der Waals surface area contributed by atoms with E-state index in [1.54, 1.807) is 4.88 Å². The molecule has 2 unspecified atom stereocenters. The molecule has 0 bridgehead atoms. The van der Waals surface area contributed by atoms with Crippen LogP contribution in [0.4, 0.5) is 0 Å². The lowest BCUT2D eigenvalue weighted by Gasteiger charge is -2.38. The van der Waals surface area contributed by atoms with Crippen molar-refractivity contribution in [3.63, 3.8) is 0 Å². The van der Waals surface area contributed by atoms with E-state index in [4.69, 9.17) is 0 Å². The summed E-state index contributed by atoms with van der Waals surface area (Å²) < 4.78 is 0. The minimum atomic E-state index is 0.688. The molecule has 3 rings (SSSR count). The van der Waals surface area contributed by atoms with Crippen LogP contribution in [0.1, 0.15) is 56.2 Å². The summed E-state index contributed by atoms with van der Waals surface area (Å²) in [7, 11) is 0. The molecule has 118 valence electrons. The second kappa shape index (κ2) is 7.75. The summed E-state index contributed by atoms with van der Waals surface area (Å²) >= 11 is 1.94. The van der Waals surface area contributed by atoms with Crippen molar-refractivity contribution in [2.24, 2.45) is 5.92 Å². The van der Waals surface area contributed by atoms with Gasteiger partial charge in [-0.15, -0.1) is 11.3 Å². The zero-order valence-electron chi connectivity index (χ0n) is 13.4. The third-order valence-electron chi connectivity index (χ3n) is 5.34. The Morgan fingerprint density at radius 3 is 2.81 bits per heavy atom. The Balaban J connectivity index is 1.53. The second-order valence-electron chi connectivity index (χ2n) is 6.91. The Bertz CT molecular complexity index is 397. The van der Waals surface area contributed by atoms with Gasteiger partial charge >= 0.3 is 0 Å². The third-order valence-corrected chi connectivity index (χ3v) is 6.37. The molecule has 2 aliphatic rings. The van der Waals surface area contributed by atoms with Crippen LogP contribution in [0.5, 0.6) is 0 Å². The van der Waals surface area contributed by atoms with Gasteiger partial charge in [0, 0.05) is 29.9 Å². The minimum Gasteiger partial charge on any atom is -0.312 e. The summed E-state index contributed by atoms with van der Waals surface area (Å²) in [5.74, 6) is 1.68. The fourth-order valence-electron chi connectivity index (χ4n) is 4.05. The highest BCUT2D eigenvalue weighted by Crippen LogP contribution is 2.30. The monoisotopic (exact) mass is 306 g/mol. The Morgan fingerprint density at radius 1 is 1.24 bits per heavy atom. The van der Waals surface area contributed by atoms with Crippen molar-refractivity contribution in [2.45, 2.75) is 57.4 Å². The number of likely N-dealkylation sites (tertiary alicyclic amines) is 1. The molecule has 2 atom stereocenters. The van der Waals surface area contributed by atoms with Crippen LogP contribution in [0.25, 0.3) is 0 Å². The molecule has 1 aromatic heterocycles. The zero-order chi connectivity index (χ0) is 14.5. The molecule has 1 aliphatic carbocycles. The van der Waals surface area contributed by atoms with Crippen molar-refractivity contribution in [3.8, 4) is 0 Å². The SMILES string of the molecule is CCN1CC(NCC2CCCCC2)CC(c2cccs2)C1. The summed E-state index contributed by atoms with van der Waals surface area (Å²) in [5, 5.41) is 6.14. The van der Waals surface area contributed by atoms with Crippen molar-refractivity contribution in [3.05, 3.63) is 22.4 Å². The zero-order valence-corrected chi connectivity index (χ0v) is 14.2. The number of likely N-dealkylation sites (N-methyl/N-ethyl adjacent to an activating group) is 1. The Kier molecular flexibility index (Phi) is 5.73. The maximum atomic E-state index is 3.91. The number of hydrogen-bond acceptors (Lipinski definition) is 3. The van der Waals surface area contributed by atoms with Crippen LogP contribution in [0.2, 0.25) is 0 Å². The molecule has 0 amide bonds. The van der Waals surface area contributed by atoms with E-state index >= 15 is 0 Å². The number of nitrogens with zero attached hydrogens (tertiary/aromatic N) is 1. The third kappa shape index (κ3) is 4.30. The van der Waals surface area contributed by atoms with Gasteiger partial charge in [0.15, 0.2) is 0 Å². The predicted molar refractivity (Wildman–Crippen MR) is 92.2 cm³/mol. The molecule has 1 N–H and O–H groups in total. The first kappa shape index (κ1) is 15.5. The molecule has 2 fully saturated rings. The average Bonchev–Trinajstić information content (AvgIpc) is 3.08. The molecule has 0 spiro atoms. The first-order valence-corrected chi connectivity index (χ1v) is 9.72. The van der Waals surface area contributed by atoms with Crippen molar-refractivity contribution in [1.82, 2.24) is 10.2 Å². The van der Waals surface area contributed by atoms with Crippen LogP contribution >= 0.6 is 11.3 Å². The van der Waals surface area contributed by atoms with E-state index in [0.29, 0.717) is 6.04 Å². The first-order chi connectivity index (χ1) is 10.3. The Labute approximate surface area is 133 Å². The van der Waals surface area contributed by atoms with Crippen LogP contribution in [-0.2, 0) is 0 Å². The Hall–Kier alpha value is -0.380. The van der Waals surface area contributed by atoms with E-state index in [0.717, 1.165) is 11.8 Å². The summed E-state index contributed by atoms with van der Waals surface area (Å²) in [5.41, 5.74) is 0. The van der Waals surface area contributed by atoms with Gasteiger partial charge in [-0.2, -0.15) is 0 Å². The maximum absolute atomic E-state index is 3.91. The van der Waals surface area contributed by atoms with E-state index in [1.807, 2.05) is 11.3 Å². The standard InChI is InChI=1S/C18H30N2S/c1-2-20-13-16(18-9-6-10-21-18)11-17(14-20)19-12-15-7-4-3-5-8-15/h6,9-10,15-17,19H,2-5,7-8,11-14H2,1H3. The molecular weight excluding hydrogens is 276 g/mol. The van der Waals surface area contributed by atoms with Crippen molar-refractivity contribution >= 4 is 11.3 Å². The highest BCUT2D eigenvalue weighted by atomic mass is 32.1. The van der Waals surface area contributed by atoms with Gasteiger partial charge in [-0.3, -0.25) is 0 Å². The smallest absolute Gasteiger partial charge is 0.0201 e. The molecule has 3 heteroatoms. The number of thiophene rings is 1. The fourth-order valence-corrected chi connectivity index (χ4v) is 4.89. The van der Waals surface area contributed by atoms with Crippen molar-refractivity contribution in [1.29, 1.82) is 0 Å². The van der Waals surface area contributed by atoms with Gasteiger partial charge in [0.25, 0.3) is 0 Å². The fraction of sp³-hybridized carbons (Fsp3) is 0.778. The number of piperidine rings is 1. The van der Waals surface area contributed by atoms with Crippen LogP contribution < -0.4 is 5.32 Å². The molecular formula is C18H30N2S. The first-order valence-electron chi connectivity index (χ1n) is 8.84. The summed E-state index contributed by atoms with van der Waals surface area (Å²) in [6.07, 6.45) is 8.59. The molecule has 1 saturated carbocycles. The highest BCUT2D eigenvalue weighted by Gasteiger charge is 2.28. The van der Waals surface area contributed by atoms with E-state index in [2.05, 4.69) is 34.7 Å². The quantitative estimate of drug-likeness (QED) is 0.881. The van der Waals surface area contributed by atoms with Gasteiger partial charge in [0.1, 0.15) is 0 Å². The highest BCUT2D eigenvalue weighted by molar-refractivity contribution is 7.10.